The molecule has 1 unspecified atom stereocenters. The molecule has 216 valence electrons. The average Bonchev–Trinajstić information content (AvgIpc) is 3.29. The minimum Gasteiger partial charge on any atom is -0.464 e. The smallest absolute Gasteiger partial charge is 0.408 e. The van der Waals surface area contributed by atoms with Crippen LogP contribution < -0.4 is 10.6 Å². The van der Waals surface area contributed by atoms with Crippen molar-refractivity contribution in [2.75, 3.05) is 19.4 Å². The lowest BCUT2D eigenvalue weighted by atomic mass is 9.85. The lowest BCUT2D eigenvalue weighted by Crippen LogP contribution is -2.59. The lowest BCUT2D eigenvalue weighted by molar-refractivity contribution is -0.150. The summed E-state index contributed by atoms with van der Waals surface area (Å²) in [6.45, 7) is 15.5. The first-order valence-corrected chi connectivity index (χ1v) is 14.4. The molecule has 0 bridgehead atoms. The van der Waals surface area contributed by atoms with E-state index >= 15 is 0 Å². The summed E-state index contributed by atoms with van der Waals surface area (Å²) in [5, 5.41) is 5.31. The fourth-order valence-electron chi connectivity index (χ4n) is 4.41. The average molecular weight is 560 g/mol. The molecule has 2 rings (SSSR count). The number of esters is 1. The largest absolute Gasteiger partial charge is 0.464 e. The lowest BCUT2D eigenvalue weighted by Gasteiger charge is -2.36. The number of likely N-dealkylation sites (tertiary alicyclic amines) is 1. The van der Waals surface area contributed by atoms with E-state index in [9.17, 15) is 27.6 Å². The number of amides is 3. The van der Waals surface area contributed by atoms with Crippen molar-refractivity contribution in [2.24, 2.45) is 11.3 Å². The van der Waals surface area contributed by atoms with Crippen molar-refractivity contribution < 1.29 is 41.3 Å². The Morgan fingerprint density at radius 1 is 1.16 bits per heavy atom. The molecule has 1 aliphatic carbocycles. The number of nitrogens with one attached hydrogen (secondary N) is 2. The maximum Gasteiger partial charge on any atom is 0.408 e. The van der Waals surface area contributed by atoms with Gasteiger partial charge in [-0.3, -0.25) is 13.8 Å². The molecule has 3 amide bonds. The Morgan fingerprint density at radius 2 is 1.76 bits per heavy atom. The Bertz CT molecular complexity index is 1060. The molecular formula is C25H41N3O9S. The molecule has 2 aliphatic rings. The van der Waals surface area contributed by atoms with Gasteiger partial charge in [-0.2, -0.15) is 8.42 Å². The molecule has 0 aromatic heterocycles. The second-order valence-corrected chi connectivity index (χ2v) is 13.4. The van der Waals surface area contributed by atoms with Crippen molar-refractivity contribution >= 4 is 34.0 Å². The zero-order chi connectivity index (χ0) is 29.3. The number of carbonyl (C=O) groups is 4. The summed E-state index contributed by atoms with van der Waals surface area (Å²) in [4.78, 5) is 53.7. The van der Waals surface area contributed by atoms with Crippen molar-refractivity contribution in [2.45, 2.75) is 90.6 Å². The number of hydrogen-bond donors (Lipinski definition) is 2. The monoisotopic (exact) mass is 559 g/mol. The van der Waals surface area contributed by atoms with E-state index < -0.39 is 68.7 Å². The summed E-state index contributed by atoms with van der Waals surface area (Å²) in [5.41, 5.74) is -2.92. The summed E-state index contributed by atoms with van der Waals surface area (Å²) in [5.74, 6) is -2.25. The first kappa shape index (κ1) is 31.5. The highest BCUT2D eigenvalue weighted by Crippen LogP contribution is 2.45. The number of hydrogen-bond acceptors (Lipinski definition) is 9. The molecule has 12 nitrogen and oxygen atoms in total. The van der Waals surface area contributed by atoms with Crippen molar-refractivity contribution in [1.29, 1.82) is 0 Å². The number of nitrogens with zero attached hydrogens (tertiary/aromatic N) is 1. The third-order valence-electron chi connectivity index (χ3n) is 6.22. The second-order valence-electron chi connectivity index (χ2n) is 11.8. The summed E-state index contributed by atoms with van der Waals surface area (Å²) in [6.07, 6.45) is 0.762. The highest BCUT2D eigenvalue weighted by Gasteiger charge is 2.62. The number of ether oxygens (including phenoxy) is 2. The molecule has 2 N–H and O–H groups in total. The van der Waals surface area contributed by atoms with Gasteiger partial charge < -0.3 is 25.0 Å². The molecule has 2 fully saturated rings. The standard InChI is InChI=1S/C25H41N3O9S/c1-10-15-13-25(15,21(31)35-11-2)27-19(29)17-12-16(37-38(9,33)34)14-28(17)20(30)18(23(3,4)5)26-22(32)36-24(6,7)8/h10,15-18H,1,11-14H2,2-9H3,(H,26,32)(H,27,29)/t15-,16?,17+,18-,25+/m1/s1. The van der Waals surface area contributed by atoms with E-state index in [1.807, 2.05) is 0 Å². The van der Waals surface area contributed by atoms with Crippen LogP contribution >= 0.6 is 0 Å². The maximum absolute atomic E-state index is 13.8. The van der Waals surface area contributed by atoms with Gasteiger partial charge in [-0.25, -0.2) is 9.59 Å². The minimum atomic E-state index is -3.90. The predicted molar refractivity (Wildman–Crippen MR) is 138 cm³/mol. The van der Waals surface area contributed by atoms with Crippen molar-refractivity contribution in [3.8, 4) is 0 Å². The molecule has 13 heteroatoms. The van der Waals surface area contributed by atoms with Gasteiger partial charge >= 0.3 is 12.1 Å². The summed E-state index contributed by atoms with van der Waals surface area (Å²) < 4.78 is 39.2. The van der Waals surface area contributed by atoms with Gasteiger partial charge in [-0.15, -0.1) is 6.58 Å². The van der Waals surface area contributed by atoms with Crippen molar-refractivity contribution in [3.63, 3.8) is 0 Å². The molecule has 0 aromatic rings. The highest BCUT2D eigenvalue weighted by molar-refractivity contribution is 7.86. The molecule has 38 heavy (non-hydrogen) atoms. The minimum absolute atomic E-state index is 0.113. The summed E-state index contributed by atoms with van der Waals surface area (Å²) >= 11 is 0. The Hall–Kier alpha value is -2.67. The van der Waals surface area contributed by atoms with Crippen LogP contribution in [0.3, 0.4) is 0 Å². The van der Waals surface area contributed by atoms with E-state index in [1.165, 1.54) is 4.90 Å². The molecule has 0 spiro atoms. The van der Waals surface area contributed by atoms with Crippen LogP contribution in [-0.4, -0.2) is 85.9 Å². The van der Waals surface area contributed by atoms with Gasteiger partial charge in [-0.1, -0.05) is 26.8 Å². The molecule has 0 aromatic carbocycles. The van der Waals surface area contributed by atoms with E-state index in [-0.39, 0.29) is 31.9 Å². The molecular weight excluding hydrogens is 518 g/mol. The third-order valence-corrected chi connectivity index (χ3v) is 6.84. The number of rotatable bonds is 9. The number of alkyl carbamates (subject to hydrolysis) is 1. The van der Waals surface area contributed by atoms with Gasteiger partial charge in [0.05, 0.1) is 19.0 Å². The van der Waals surface area contributed by atoms with Crippen LogP contribution in [0, 0.1) is 11.3 Å². The fraction of sp³-hybridized carbons (Fsp3) is 0.760. The zero-order valence-corrected chi connectivity index (χ0v) is 24.3. The topological polar surface area (TPSA) is 157 Å². The van der Waals surface area contributed by atoms with Crippen molar-refractivity contribution in [3.05, 3.63) is 12.7 Å². The number of carbonyl (C=O) groups excluding carboxylic acids is 4. The molecule has 1 heterocycles. The molecule has 1 saturated carbocycles. The zero-order valence-electron chi connectivity index (χ0n) is 23.5. The van der Waals surface area contributed by atoms with Gasteiger partial charge in [0, 0.05) is 18.9 Å². The summed E-state index contributed by atoms with van der Waals surface area (Å²) in [6, 6.07) is -2.29. The van der Waals surface area contributed by atoms with Gasteiger partial charge in [0.15, 0.2) is 0 Å². The fourth-order valence-corrected chi connectivity index (χ4v) is 5.05. The molecule has 1 aliphatic heterocycles. The van der Waals surface area contributed by atoms with Crippen LogP contribution in [0.25, 0.3) is 0 Å². The Morgan fingerprint density at radius 3 is 2.21 bits per heavy atom. The summed E-state index contributed by atoms with van der Waals surface area (Å²) in [7, 11) is -3.90. The van der Waals surface area contributed by atoms with Crippen LogP contribution in [0.1, 0.15) is 61.3 Å². The molecule has 5 atom stereocenters. The van der Waals surface area contributed by atoms with Gasteiger partial charge in [0.1, 0.15) is 23.2 Å². The maximum atomic E-state index is 13.8. The molecule has 1 saturated heterocycles. The van der Waals surface area contributed by atoms with Gasteiger partial charge in [0.25, 0.3) is 10.1 Å². The third kappa shape index (κ3) is 7.92. The quantitative estimate of drug-likeness (QED) is 0.243. The first-order chi connectivity index (χ1) is 17.2. The van der Waals surface area contributed by atoms with Crippen LogP contribution in [-0.2, 0) is 38.2 Å². The Labute approximate surface area is 224 Å². The first-order valence-electron chi connectivity index (χ1n) is 12.5. The second kappa shape index (κ2) is 11.2. The predicted octanol–water partition coefficient (Wildman–Crippen LogP) is 1.50. The van der Waals surface area contributed by atoms with Crippen LogP contribution in [0.5, 0.6) is 0 Å². The van der Waals surface area contributed by atoms with Crippen LogP contribution in [0.2, 0.25) is 0 Å². The van der Waals surface area contributed by atoms with E-state index in [0.717, 1.165) is 6.26 Å². The van der Waals surface area contributed by atoms with Gasteiger partial charge in [0.2, 0.25) is 11.8 Å². The van der Waals surface area contributed by atoms with E-state index in [4.69, 9.17) is 13.7 Å². The van der Waals surface area contributed by atoms with E-state index in [1.54, 1.807) is 54.5 Å². The highest BCUT2D eigenvalue weighted by atomic mass is 32.2. The van der Waals surface area contributed by atoms with Gasteiger partial charge in [-0.05, 0) is 39.5 Å². The molecule has 0 radical (unpaired) electrons. The van der Waals surface area contributed by atoms with E-state index in [2.05, 4.69) is 17.2 Å². The van der Waals surface area contributed by atoms with E-state index in [0.29, 0.717) is 0 Å². The Kier molecular flexibility index (Phi) is 9.31. The SMILES string of the molecule is C=C[C@@H]1C[C@@]1(NC(=O)[C@@H]1CC(OS(C)(=O)=O)CN1C(=O)[C@@H](NC(=O)OC(C)(C)C)C(C)(C)C)C(=O)OCC. The normalized spacial score (nSPS) is 26.2. The van der Waals surface area contributed by atoms with Crippen LogP contribution in [0.15, 0.2) is 12.7 Å². The van der Waals surface area contributed by atoms with Crippen LogP contribution in [0.4, 0.5) is 4.79 Å². The van der Waals surface area contributed by atoms with Crippen molar-refractivity contribution in [1.82, 2.24) is 15.5 Å². The Balaban J connectivity index is 2.37.